The van der Waals surface area contributed by atoms with E-state index in [9.17, 15) is 9.50 Å². The summed E-state index contributed by atoms with van der Waals surface area (Å²) in [6.45, 7) is 2.34. The van der Waals surface area contributed by atoms with Crippen LogP contribution in [0.2, 0.25) is 0 Å². The van der Waals surface area contributed by atoms with Crippen LogP contribution < -0.4 is 19.7 Å². The number of aromatic hydroxyl groups is 1. The molecule has 2 N–H and O–H groups in total. The molecule has 9 nitrogen and oxygen atoms in total. The number of phenols is 1. The van der Waals surface area contributed by atoms with Gasteiger partial charge in [0.1, 0.15) is 53.4 Å². The Balaban J connectivity index is 1.23. The van der Waals surface area contributed by atoms with Crippen LogP contribution in [0.25, 0.3) is 32.9 Å². The number of hydrogen-bond acceptors (Lipinski definition) is 9. The van der Waals surface area contributed by atoms with Crippen LogP contribution >= 0.6 is 0 Å². The van der Waals surface area contributed by atoms with Gasteiger partial charge in [-0.15, -0.1) is 0 Å². The van der Waals surface area contributed by atoms with Crippen molar-refractivity contribution in [3.05, 3.63) is 42.0 Å². The Bertz CT molecular complexity index is 1840. The molecule has 2 aromatic heterocycles. The van der Waals surface area contributed by atoms with E-state index in [1.807, 2.05) is 0 Å². The quantitative estimate of drug-likeness (QED) is 0.350. The molecule has 0 radical (unpaired) electrons. The number of anilines is 1. The number of aromatic nitrogens is 3. The molecule has 228 valence electrons. The Kier molecular flexibility index (Phi) is 5.75. The van der Waals surface area contributed by atoms with Gasteiger partial charge in [0.15, 0.2) is 5.82 Å². The summed E-state index contributed by atoms with van der Waals surface area (Å²) in [5.41, 5.74) is -0.593. The lowest BCUT2D eigenvalue weighted by Gasteiger charge is -2.40. The molecule has 9 rings (SSSR count). The van der Waals surface area contributed by atoms with Gasteiger partial charge in [0.2, 0.25) is 5.88 Å². The van der Waals surface area contributed by atoms with E-state index < -0.39 is 23.3 Å². The first-order chi connectivity index (χ1) is 21.4. The maximum absolute atomic E-state index is 16.8. The number of benzene rings is 2. The number of nitrogens with one attached hydrogen (secondary N) is 1. The largest absolute Gasteiger partial charge is 0.508 e. The number of hydrogen-bond donors (Lipinski definition) is 2. The molecular formula is C32H31F3N6O3. The summed E-state index contributed by atoms with van der Waals surface area (Å²) in [6.07, 6.45) is 3.24. The van der Waals surface area contributed by atoms with E-state index in [0.29, 0.717) is 36.1 Å². The van der Waals surface area contributed by atoms with Crippen molar-refractivity contribution >= 4 is 27.5 Å². The molecule has 44 heavy (non-hydrogen) atoms. The molecule has 4 fully saturated rings. The molecular weight excluding hydrogens is 573 g/mol. The Morgan fingerprint density at radius 3 is 2.93 bits per heavy atom. The number of alkyl halides is 1. The van der Waals surface area contributed by atoms with Crippen LogP contribution in [0.4, 0.5) is 19.0 Å². The second kappa shape index (κ2) is 9.55. The Morgan fingerprint density at radius 2 is 2.02 bits per heavy atom. The Morgan fingerprint density at radius 1 is 1.11 bits per heavy atom. The van der Waals surface area contributed by atoms with Crippen molar-refractivity contribution in [2.75, 3.05) is 37.7 Å². The Labute approximate surface area is 251 Å². The fraction of sp³-hybridized carbons (Fsp3) is 0.469. The van der Waals surface area contributed by atoms with Gasteiger partial charge in [0, 0.05) is 42.5 Å². The summed E-state index contributed by atoms with van der Waals surface area (Å²) < 4.78 is 59.1. The molecule has 2 bridgehead atoms. The second-order valence-electron chi connectivity index (χ2n) is 12.9. The van der Waals surface area contributed by atoms with Gasteiger partial charge < -0.3 is 24.8 Å². The van der Waals surface area contributed by atoms with Gasteiger partial charge in [-0.1, -0.05) is 12.1 Å². The molecule has 0 saturated carbocycles. The molecule has 0 aliphatic carbocycles. The highest BCUT2D eigenvalue weighted by Crippen LogP contribution is 2.45. The van der Waals surface area contributed by atoms with Crippen molar-refractivity contribution in [1.82, 2.24) is 25.2 Å². The summed E-state index contributed by atoms with van der Waals surface area (Å²) in [5.74, 6) is -0.881. The van der Waals surface area contributed by atoms with Crippen molar-refractivity contribution in [3.63, 3.8) is 0 Å². The zero-order chi connectivity index (χ0) is 29.7. The lowest BCUT2D eigenvalue weighted by atomic mass is 9.95. The van der Waals surface area contributed by atoms with Crippen LogP contribution in [0.15, 0.2) is 30.3 Å². The van der Waals surface area contributed by atoms with Gasteiger partial charge in [-0.2, -0.15) is 9.97 Å². The fourth-order valence-corrected chi connectivity index (χ4v) is 8.36. The van der Waals surface area contributed by atoms with Crippen LogP contribution in [0.1, 0.15) is 32.1 Å². The standard InChI is InChI=1S/C32H31F3N6O3/c33-17-11-32(7-2-8-40(32)12-17)15-44-31-38-28-25-29(39-31)41-13-18-5-6-22(36-18)23(41)14-43-30(25)37-27(26(28)35)20-10-19(42)9-16-3-1-4-21(34)24(16)20/h1,3-4,9-10,17-18,22-23,36,42H,2,5-8,11-15H2/t17-,18-,22+,23+,32-/m1/s1. The summed E-state index contributed by atoms with van der Waals surface area (Å²) in [6, 6.07) is 7.54. The average Bonchev–Trinajstić information content (AvgIpc) is 3.64. The van der Waals surface area contributed by atoms with E-state index in [1.54, 1.807) is 6.07 Å². The lowest BCUT2D eigenvalue weighted by Crippen LogP contribution is -2.60. The zero-order valence-electron chi connectivity index (χ0n) is 23.9. The molecule has 2 aromatic carbocycles. The highest BCUT2D eigenvalue weighted by Gasteiger charge is 2.50. The zero-order valence-corrected chi connectivity index (χ0v) is 23.9. The highest BCUT2D eigenvalue weighted by molar-refractivity contribution is 6.02. The molecule has 7 heterocycles. The number of pyridine rings is 1. The number of piperazine rings is 1. The summed E-state index contributed by atoms with van der Waals surface area (Å²) >= 11 is 0. The van der Waals surface area contributed by atoms with Gasteiger partial charge in [-0.05, 0) is 55.8 Å². The maximum atomic E-state index is 16.8. The molecule has 12 heteroatoms. The van der Waals surface area contributed by atoms with Gasteiger partial charge in [0.05, 0.1) is 11.6 Å². The van der Waals surface area contributed by atoms with Crippen molar-refractivity contribution in [2.45, 2.75) is 61.9 Å². The first kappa shape index (κ1) is 26.5. The molecule has 4 aromatic rings. The number of nitrogens with zero attached hydrogens (tertiary/aromatic N) is 5. The summed E-state index contributed by atoms with van der Waals surface area (Å²) in [4.78, 5) is 18.3. The minimum Gasteiger partial charge on any atom is -0.508 e. The van der Waals surface area contributed by atoms with Crippen LogP contribution in [0.5, 0.6) is 17.6 Å². The van der Waals surface area contributed by atoms with Gasteiger partial charge in [-0.25, -0.2) is 18.2 Å². The number of halogens is 3. The predicted octanol–water partition coefficient (Wildman–Crippen LogP) is 4.49. The second-order valence-corrected chi connectivity index (χ2v) is 12.9. The van der Waals surface area contributed by atoms with E-state index in [1.165, 1.54) is 24.3 Å². The van der Waals surface area contributed by atoms with Gasteiger partial charge in [-0.3, -0.25) is 4.90 Å². The highest BCUT2D eigenvalue weighted by atomic mass is 19.1. The van der Waals surface area contributed by atoms with Crippen molar-refractivity contribution in [1.29, 1.82) is 0 Å². The fourth-order valence-electron chi connectivity index (χ4n) is 8.36. The third kappa shape index (κ3) is 3.89. The van der Waals surface area contributed by atoms with E-state index in [0.717, 1.165) is 32.2 Å². The van der Waals surface area contributed by atoms with E-state index in [4.69, 9.17) is 14.5 Å². The van der Waals surface area contributed by atoms with Crippen molar-refractivity contribution in [3.8, 4) is 28.9 Å². The lowest BCUT2D eigenvalue weighted by molar-refractivity contribution is 0.107. The van der Waals surface area contributed by atoms with Gasteiger partial charge in [0.25, 0.3) is 0 Å². The molecule has 0 amide bonds. The topological polar surface area (TPSA) is 95.9 Å². The Hall–Kier alpha value is -3.90. The molecule has 5 aliphatic rings. The van der Waals surface area contributed by atoms with Crippen LogP contribution in [-0.4, -0.2) is 87.6 Å². The molecule has 0 spiro atoms. The minimum absolute atomic E-state index is 0.00323. The number of phenolic OH excluding ortho intramolecular Hbond substituents is 1. The molecule has 4 saturated heterocycles. The third-order valence-electron chi connectivity index (χ3n) is 10.3. The SMILES string of the molecule is Oc1cc(-c2nc3c4c(nc(OC[C@]56CCCN5C[C@H](F)C6)nc4c2F)N2C[C@H]4CC[C@H](N4)[C@@H]2CO3)c2c(F)cccc2c1. The number of fused-ring (bicyclic) bond motifs is 7. The summed E-state index contributed by atoms with van der Waals surface area (Å²) in [5, 5.41) is 15.0. The van der Waals surface area contributed by atoms with Gasteiger partial charge >= 0.3 is 6.01 Å². The average molecular weight is 605 g/mol. The minimum atomic E-state index is -0.915. The van der Waals surface area contributed by atoms with E-state index in [-0.39, 0.29) is 71.1 Å². The van der Waals surface area contributed by atoms with Crippen molar-refractivity contribution < 1.29 is 27.8 Å². The summed E-state index contributed by atoms with van der Waals surface area (Å²) in [7, 11) is 0. The molecule has 5 atom stereocenters. The predicted molar refractivity (Wildman–Crippen MR) is 157 cm³/mol. The third-order valence-corrected chi connectivity index (χ3v) is 10.3. The molecule has 0 unspecified atom stereocenters. The van der Waals surface area contributed by atoms with Crippen LogP contribution in [0, 0.1) is 11.6 Å². The van der Waals surface area contributed by atoms with E-state index >= 15 is 8.78 Å². The normalized spacial score (nSPS) is 29.1. The van der Waals surface area contributed by atoms with Crippen LogP contribution in [0.3, 0.4) is 0 Å². The molecule has 5 aliphatic heterocycles. The number of ether oxygens (including phenoxy) is 2. The van der Waals surface area contributed by atoms with Crippen molar-refractivity contribution in [2.24, 2.45) is 0 Å². The first-order valence-corrected chi connectivity index (χ1v) is 15.4. The van der Waals surface area contributed by atoms with Crippen LogP contribution in [-0.2, 0) is 0 Å². The number of rotatable bonds is 4. The van der Waals surface area contributed by atoms with E-state index in [2.05, 4.69) is 25.1 Å². The monoisotopic (exact) mass is 604 g/mol. The first-order valence-electron chi connectivity index (χ1n) is 15.4. The smallest absolute Gasteiger partial charge is 0.319 e. The maximum Gasteiger partial charge on any atom is 0.319 e.